The van der Waals surface area contributed by atoms with Gasteiger partial charge in [0.2, 0.25) is 0 Å². The fourth-order valence-electron chi connectivity index (χ4n) is 3.42. The van der Waals surface area contributed by atoms with E-state index in [4.69, 9.17) is 9.47 Å². The highest BCUT2D eigenvalue weighted by Crippen LogP contribution is 2.40. The van der Waals surface area contributed by atoms with Crippen LogP contribution in [0.25, 0.3) is 0 Å². The van der Waals surface area contributed by atoms with Crippen LogP contribution in [0.2, 0.25) is 0 Å². The summed E-state index contributed by atoms with van der Waals surface area (Å²) in [5.41, 5.74) is 1.86. The Morgan fingerprint density at radius 2 is 1.92 bits per heavy atom. The molecule has 1 aromatic carbocycles. The minimum Gasteiger partial charge on any atom is -0.493 e. The lowest BCUT2D eigenvalue weighted by Crippen LogP contribution is -2.39. The summed E-state index contributed by atoms with van der Waals surface area (Å²) in [4.78, 5) is 17.9. The largest absolute Gasteiger partial charge is 0.493 e. The van der Waals surface area contributed by atoms with Crippen LogP contribution in [0.15, 0.2) is 47.2 Å². The van der Waals surface area contributed by atoms with Gasteiger partial charge in [0.25, 0.3) is 5.91 Å². The van der Waals surface area contributed by atoms with Gasteiger partial charge in [0.1, 0.15) is 0 Å². The molecular weight excluding hydrogens is 366 g/mol. The Balaban J connectivity index is 1.73. The SMILES string of the molecule is COc1ccc(C(=O)N2CCc3sccc3[C@H]2c2cccs2)cc1OC. The number of nitrogens with zero attached hydrogens (tertiary/aromatic N) is 1. The summed E-state index contributed by atoms with van der Waals surface area (Å²) in [6.45, 7) is 0.712. The predicted octanol–water partition coefficient (Wildman–Crippen LogP) is 4.61. The molecule has 2 aromatic heterocycles. The summed E-state index contributed by atoms with van der Waals surface area (Å²) < 4.78 is 10.7. The Labute approximate surface area is 160 Å². The number of thiophene rings is 2. The van der Waals surface area contributed by atoms with E-state index in [1.54, 1.807) is 55.1 Å². The zero-order valence-electron chi connectivity index (χ0n) is 14.6. The maximum absolute atomic E-state index is 13.3. The molecule has 0 unspecified atom stereocenters. The molecule has 1 atom stereocenters. The molecule has 6 heteroatoms. The molecule has 0 saturated carbocycles. The molecule has 0 spiro atoms. The second-order valence-electron chi connectivity index (χ2n) is 6.04. The summed E-state index contributed by atoms with van der Waals surface area (Å²) in [6.07, 6.45) is 0.897. The van der Waals surface area contributed by atoms with Crippen LogP contribution in [0.4, 0.5) is 0 Å². The zero-order chi connectivity index (χ0) is 18.1. The normalized spacial score (nSPS) is 16.2. The maximum Gasteiger partial charge on any atom is 0.254 e. The third-order valence-electron chi connectivity index (χ3n) is 4.67. The first kappa shape index (κ1) is 17.1. The van der Waals surface area contributed by atoms with Crippen molar-refractivity contribution in [2.75, 3.05) is 20.8 Å². The second-order valence-corrected chi connectivity index (χ2v) is 8.02. The number of ether oxygens (including phenoxy) is 2. The Kier molecular flexibility index (Phi) is 4.70. The average Bonchev–Trinajstić information content (AvgIpc) is 3.37. The van der Waals surface area contributed by atoms with Gasteiger partial charge in [-0.2, -0.15) is 0 Å². The van der Waals surface area contributed by atoms with E-state index in [-0.39, 0.29) is 11.9 Å². The van der Waals surface area contributed by atoms with Crippen LogP contribution < -0.4 is 9.47 Å². The summed E-state index contributed by atoms with van der Waals surface area (Å²) in [5, 5.41) is 4.19. The van der Waals surface area contributed by atoms with Gasteiger partial charge in [0.15, 0.2) is 11.5 Å². The van der Waals surface area contributed by atoms with E-state index >= 15 is 0 Å². The fourth-order valence-corrected chi connectivity index (χ4v) is 5.18. The van der Waals surface area contributed by atoms with Crippen molar-refractivity contribution in [3.63, 3.8) is 0 Å². The highest BCUT2D eigenvalue weighted by Gasteiger charge is 2.34. The van der Waals surface area contributed by atoms with E-state index in [2.05, 4.69) is 22.9 Å². The fraction of sp³-hybridized carbons (Fsp3) is 0.250. The topological polar surface area (TPSA) is 38.8 Å². The van der Waals surface area contributed by atoms with Gasteiger partial charge in [-0.25, -0.2) is 0 Å². The molecule has 0 saturated heterocycles. The predicted molar refractivity (Wildman–Crippen MR) is 105 cm³/mol. The van der Waals surface area contributed by atoms with Gasteiger partial charge in [-0.1, -0.05) is 6.07 Å². The van der Waals surface area contributed by atoms with Crippen LogP contribution in [-0.4, -0.2) is 31.6 Å². The number of fused-ring (bicyclic) bond motifs is 1. The smallest absolute Gasteiger partial charge is 0.254 e. The minimum atomic E-state index is -0.0226. The lowest BCUT2D eigenvalue weighted by molar-refractivity contribution is 0.0698. The third kappa shape index (κ3) is 2.89. The van der Waals surface area contributed by atoms with Gasteiger partial charge < -0.3 is 14.4 Å². The van der Waals surface area contributed by atoms with Crippen molar-refractivity contribution in [2.24, 2.45) is 0 Å². The number of hydrogen-bond acceptors (Lipinski definition) is 5. The highest BCUT2D eigenvalue weighted by atomic mass is 32.1. The lowest BCUT2D eigenvalue weighted by atomic mass is 9.97. The third-order valence-corrected chi connectivity index (χ3v) is 6.59. The van der Waals surface area contributed by atoms with Crippen LogP contribution in [0, 0.1) is 0 Å². The van der Waals surface area contributed by atoms with Gasteiger partial charge in [-0.3, -0.25) is 4.79 Å². The highest BCUT2D eigenvalue weighted by molar-refractivity contribution is 7.10. The summed E-state index contributed by atoms with van der Waals surface area (Å²) >= 11 is 3.47. The molecule has 0 bridgehead atoms. The maximum atomic E-state index is 13.3. The molecule has 3 aromatic rings. The average molecular weight is 386 g/mol. The first-order valence-corrected chi connectivity index (χ1v) is 10.1. The van der Waals surface area contributed by atoms with E-state index in [1.165, 1.54) is 15.3 Å². The molecule has 4 rings (SSSR count). The Morgan fingerprint density at radius 1 is 1.08 bits per heavy atom. The van der Waals surface area contributed by atoms with E-state index < -0.39 is 0 Å². The number of amides is 1. The molecule has 3 heterocycles. The number of benzene rings is 1. The second kappa shape index (κ2) is 7.13. The van der Waals surface area contributed by atoms with E-state index in [1.807, 2.05) is 11.0 Å². The van der Waals surface area contributed by atoms with Crippen molar-refractivity contribution in [3.05, 3.63) is 68.0 Å². The number of hydrogen-bond donors (Lipinski definition) is 0. The molecule has 26 heavy (non-hydrogen) atoms. The monoisotopic (exact) mass is 385 g/mol. The van der Waals surface area contributed by atoms with Crippen LogP contribution in [0.1, 0.15) is 31.7 Å². The van der Waals surface area contributed by atoms with Crippen molar-refractivity contribution in [1.82, 2.24) is 4.90 Å². The standard InChI is InChI=1S/C20H19NO3S2/c1-23-15-6-5-13(12-16(15)24-2)20(22)21-9-7-17-14(8-11-26-17)19(21)18-4-3-10-25-18/h3-6,8,10-12,19H,7,9H2,1-2H3/t19-/m0/s1. The first-order valence-electron chi connectivity index (χ1n) is 8.35. The van der Waals surface area contributed by atoms with Crippen molar-refractivity contribution in [3.8, 4) is 11.5 Å². The van der Waals surface area contributed by atoms with Gasteiger partial charge >= 0.3 is 0 Å². The molecule has 0 aliphatic carbocycles. The molecule has 0 N–H and O–H groups in total. The summed E-state index contributed by atoms with van der Waals surface area (Å²) in [5.74, 6) is 1.21. The molecular formula is C20H19NO3S2. The number of carbonyl (C=O) groups is 1. The van der Waals surface area contributed by atoms with E-state index in [0.29, 0.717) is 23.6 Å². The van der Waals surface area contributed by atoms with Crippen molar-refractivity contribution >= 4 is 28.6 Å². The summed E-state index contributed by atoms with van der Waals surface area (Å²) in [7, 11) is 3.17. The van der Waals surface area contributed by atoms with Gasteiger partial charge in [-0.05, 0) is 53.1 Å². The van der Waals surface area contributed by atoms with Gasteiger partial charge in [0.05, 0.1) is 20.3 Å². The van der Waals surface area contributed by atoms with Crippen molar-refractivity contribution in [1.29, 1.82) is 0 Å². The van der Waals surface area contributed by atoms with E-state index in [0.717, 1.165) is 6.42 Å². The lowest BCUT2D eigenvalue weighted by Gasteiger charge is -2.35. The number of carbonyl (C=O) groups excluding carboxylic acids is 1. The molecule has 0 radical (unpaired) electrons. The van der Waals surface area contributed by atoms with Crippen LogP contribution in [0.5, 0.6) is 11.5 Å². The Morgan fingerprint density at radius 3 is 2.65 bits per heavy atom. The van der Waals surface area contributed by atoms with Gasteiger partial charge in [0, 0.05) is 21.9 Å². The molecule has 1 amide bonds. The molecule has 1 aliphatic heterocycles. The number of methoxy groups -OCH3 is 2. The quantitative estimate of drug-likeness (QED) is 0.658. The van der Waals surface area contributed by atoms with Crippen molar-refractivity contribution < 1.29 is 14.3 Å². The molecule has 0 fully saturated rings. The van der Waals surface area contributed by atoms with E-state index in [9.17, 15) is 4.79 Å². The van der Waals surface area contributed by atoms with Crippen molar-refractivity contribution in [2.45, 2.75) is 12.5 Å². The summed E-state index contributed by atoms with van der Waals surface area (Å²) in [6, 6.07) is 11.6. The minimum absolute atomic E-state index is 0.0150. The molecule has 1 aliphatic rings. The molecule has 4 nitrogen and oxygen atoms in total. The Hall–Kier alpha value is -2.31. The van der Waals surface area contributed by atoms with Gasteiger partial charge in [-0.15, -0.1) is 22.7 Å². The zero-order valence-corrected chi connectivity index (χ0v) is 16.2. The van der Waals surface area contributed by atoms with Crippen LogP contribution in [-0.2, 0) is 6.42 Å². The van der Waals surface area contributed by atoms with Crippen LogP contribution in [0.3, 0.4) is 0 Å². The van der Waals surface area contributed by atoms with Crippen LogP contribution >= 0.6 is 22.7 Å². The first-order chi connectivity index (χ1) is 12.7. The molecule has 134 valence electrons. The Bertz CT molecular complexity index is 917. The number of rotatable bonds is 4.